The Morgan fingerprint density at radius 3 is 2.37 bits per heavy atom. The Bertz CT molecular complexity index is 614. The standard InChI is InChI=1S/C12H7Br4ClOS/c1-18-11-6(2-5(17)3-8(11)13)10(15)7-4-9(14)19-12(7)16/h2-4,10H,1H3. The molecule has 0 N–H and O–H groups in total. The zero-order valence-corrected chi connectivity index (χ0v) is 17.4. The van der Waals surface area contributed by atoms with E-state index in [1.807, 2.05) is 12.1 Å². The van der Waals surface area contributed by atoms with E-state index in [-0.39, 0.29) is 4.83 Å². The molecular weight excluding hydrogens is 547 g/mol. The third-order valence-corrected chi connectivity index (χ3v) is 6.65. The predicted octanol–water partition coefficient (Wildman–Crippen LogP) is 7.18. The van der Waals surface area contributed by atoms with Gasteiger partial charge in [-0.15, -0.1) is 11.3 Å². The van der Waals surface area contributed by atoms with Crippen LogP contribution in [0.15, 0.2) is 30.2 Å². The number of hydrogen-bond donors (Lipinski definition) is 0. The van der Waals surface area contributed by atoms with Crippen molar-refractivity contribution < 1.29 is 4.74 Å². The van der Waals surface area contributed by atoms with E-state index in [2.05, 4.69) is 69.8 Å². The van der Waals surface area contributed by atoms with Gasteiger partial charge in [-0.05, 0) is 71.6 Å². The van der Waals surface area contributed by atoms with Gasteiger partial charge < -0.3 is 4.74 Å². The molecule has 0 amide bonds. The number of thiophene rings is 1. The van der Waals surface area contributed by atoms with Crippen LogP contribution in [0.3, 0.4) is 0 Å². The fraction of sp³-hybridized carbons (Fsp3) is 0.167. The molecule has 0 spiro atoms. The molecule has 2 aromatic rings. The van der Waals surface area contributed by atoms with Crippen LogP contribution < -0.4 is 4.74 Å². The Labute approximate surface area is 154 Å². The van der Waals surface area contributed by atoms with Crippen LogP contribution in [0.5, 0.6) is 5.75 Å². The Hall–Kier alpha value is 0.930. The Balaban J connectivity index is 2.55. The minimum Gasteiger partial charge on any atom is -0.495 e. The van der Waals surface area contributed by atoms with Gasteiger partial charge in [0.1, 0.15) is 5.75 Å². The van der Waals surface area contributed by atoms with Crippen molar-refractivity contribution in [3.05, 3.63) is 46.4 Å². The number of hydrogen-bond acceptors (Lipinski definition) is 2. The minimum atomic E-state index is -0.00521. The molecule has 1 aromatic heterocycles. The van der Waals surface area contributed by atoms with Crippen molar-refractivity contribution in [3.8, 4) is 5.75 Å². The maximum atomic E-state index is 6.13. The van der Waals surface area contributed by atoms with Crippen molar-refractivity contribution in [2.24, 2.45) is 0 Å². The summed E-state index contributed by atoms with van der Waals surface area (Å²) in [4.78, 5) is -0.00521. The van der Waals surface area contributed by atoms with Gasteiger partial charge in [0.25, 0.3) is 0 Å². The van der Waals surface area contributed by atoms with Crippen LogP contribution in [0.1, 0.15) is 16.0 Å². The molecule has 0 aliphatic heterocycles. The van der Waals surface area contributed by atoms with Crippen molar-refractivity contribution in [3.63, 3.8) is 0 Å². The van der Waals surface area contributed by atoms with Crippen molar-refractivity contribution >= 4 is 86.7 Å². The molecule has 1 heterocycles. The Morgan fingerprint density at radius 1 is 1.16 bits per heavy atom. The predicted molar refractivity (Wildman–Crippen MR) is 96.2 cm³/mol. The molecule has 7 heteroatoms. The average molecular weight is 554 g/mol. The molecule has 0 radical (unpaired) electrons. The molecular formula is C12H7Br4ClOS. The molecule has 0 saturated carbocycles. The molecule has 0 fully saturated rings. The minimum absolute atomic E-state index is 0.00521. The highest BCUT2D eigenvalue weighted by Crippen LogP contribution is 2.46. The highest BCUT2D eigenvalue weighted by atomic mass is 79.9. The number of alkyl halides is 1. The van der Waals surface area contributed by atoms with E-state index in [9.17, 15) is 0 Å². The lowest BCUT2D eigenvalue weighted by atomic mass is 10.1. The van der Waals surface area contributed by atoms with E-state index in [4.69, 9.17) is 16.3 Å². The second-order valence-corrected chi connectivity index (χ2v) is 9.61. The van der Waals surface area contributed by atoms with Crippen molar-refractivity contribution in [1.29, 1.82) is 0 Å². The molecule has 0 aliphatic carbocycles. The highest BCUT2D eigenvalue weighted by molar-refractivity contribution is 9.12. The summed E-state index contributed by atoms with van der Waals surface area (Å²) in [5, 5.41) is 0.664. The van der Waals surface area contributed by atoms with Crippen LogP contribution in [0, 0.1) is 0 Å². The van der Waals surface area contributed by atoms with Gasteiger partial charge >= 0.3 is 0 Å². The van der Waals surface area contributed by atoms with Gasteiger partial charge in [-0.25, -0.2) is 0 Å². The van der Waals surface area contributed by atoms with Crippen LogP contribution in [0.4, 0.5) is 0 Å². The quantitative estimate of drug-likeness (QED) is 0.366. The van der Waals surface area contributed by atoms with E-state index in [0.717, 1.165) is 28.9 Å². The monoisotopic (exact) mass is 550 g/mol. The molecule has 1 aromatic carbocycles. The Kier molecular flexibility index (Phi) is 5.83. The lowest BCUT2D eigenvalue weighted by molar-refractivity contribution is 0.408. The molecule has 1 nitrogen and oxygen atoms in total. The number of rotatable bonds is 3. The molecule has 102 valence electrons. The van der Waals surface area contributed by atoms with E-state index >= 15 is 0 Å². The fourth-order valence-electron chi connectivity index (χ4n) is 1.68. The smallest absolute Gasteiger partial charge is 0.137 e. The van der Waals surface area contributed by atoms with Gasteiger partial charge in [-0.1, -0.05) is 27.5 Å². The van der Waals surface area contributed by atoms with Crippen LogP contribution >= 0.6 is 86.7 Å². The largest absolute Gasteiger partial charge is 0.495 e. The number of benzene rings is 1. The first-order valence-corrected chi connectivity index (χ1v) is 9.54. The molecule has 1 unspecified atom stereocenters. The van der Waals surface area contributed by atoms with Gasteiger partial charge in [0, 0.05) is 10.6 Å². The molecule has 0 aliphatic rings. The third kappa shape index (κ3) is 3.58. The first kappa shape index (κ1) is 16.3. The van der Waals surface area contributed by atoms with Crippen LogP contribution in [-0.2, 0) is 0 Å². The second-order valence-electron chi connectivity index (χ2n) is 3.65. The van der Waals surface area contributed by atoms with Gasteiger partial charge in [-0.2, -0.15) is 0 Å². The summed E-state index contributed by atoms with van der Waals surface area (Å²) in [7, 11) is 1.65. The molecule has 1 atom stereocenters. The summed E-state index contributed by atoms with van der Waals surface area (Å²) in [6, 6.07) is 5.80. The summed E-state index contributed by atoms with van der Waals surface area (Å²) in [5.74, 6) is 0.778. The summed E-state index contributed by atoms with van der Waals surface area (Å²) < 4.78 is 8.44. The average Bonchev–Trinajstić information content (AvgIpc) is 2.66. The van der Waals surface area contributed by atoms with Crippen LogP contribution in [-0.4, -0.2) is 7.11 Å². The Morgan fingerprint density at radius 2 is 1.84 bits per heavy atom. The van der Waals surface area contributed by atoms with Crippen molar-refractivity contribution in [1.82, 2.24) is 0 Å². The molecule has 19 heavy (non-hydrogen) atoms. The normalized spacial score (nSPS) is 12.5. The lowest BCUT2D eigenvalue weighted by Gasteiger charge is -2.16. The van der Waals surface area contributed by atoms with E-state index in [1.165, 1.54) is 0 Å². The summed E-state index contributed by atoms with van der Waals surface area (Å²) in [6.45, 7) is 0. The summed E-state index contributed by atoms with van der Waals surface area (Å²) in [5.41, 5.74) is 2.11. The zero-order chi connectivity index (χ0) is 14.2. The zero-order valence-electron chi connectivity index (χ0n) is 9.52. The highest BCUT2D eigenvalue weighted by Gasteiger charge is 2.22. The van der Waals surface area contributed by atoms with Crippen LogP contribution in [0.25, 0.3) is 0 Å². The van der Waals surface area contributed by atoms with Gasteiger partial charge in [0.05, 0.1) is 24.0 Å². The van der Waals surface area contributed by atoms with E-state index in [0.29, 0.717) is 5.02 Å². The summed E-state index contributed by atoms with van der Waals surface area (Å²) in [6.07, 6.45) is 0. The van der Waals surface area contributed by atoms with Crippen molar-refractivity contribution in [2.45, 2.75) is 4.83 Å². The van der Waals surface area contributed by atoms with E-state index < -0.39 is 0 Å². The number of methoxy groups -OCH3 is 1. The third-order valence-electron chi connectivity index (χ3n) is 2.47. The first-order valence-electron chi connectivity index (χ1n) is 5.05. The topological polar surface area (TPSA) is 9.23 Å². The molecule has 0 bridgehead atoms. The SMILES string of the molecule is COc1c(Br)cc(Cl)cc1C(Br)c1cc(Br)sc1Br. The molecule has 0 saturated heterocycles. The van der Waals surface area contributed by atoms with Gasteiger partial charge in [0.15, 0.2) is 0 Å². The number of ether oxygens (including phenoxy) is 1. The van der Waals surface area contributed by atoms with Crippen LogP contribution in [0.2, 0.25) is 5.02 Å². The summed E-state index contributed by atoms with van der Waals surface area (Å²) >= 11 is 22.0. The van der Waals surface area contributed by atoms with E-state index in [1.54, 1.807) is 18.4 Å². The fourth-order valence-corrected chi connectivity index (χ4v) is 6.74. The lowest BCUT2D eigenvalue weighted by Crippen LogP contribution is -1.97. The second kappa shape index (κ2) is 6.79. The maximum absolute atomic E-state index is 6.13. The van der Waals surface area contributed by atoms with Crippen molar-refractivity contribution in [2.75, 3.05) is 7.11 Å². The first-order chi connectivity index (χ1) is 8.93. The van der Waals surface area contributed by atoms with Gasteiger partial charge in [-0.3, -0.25) is 0 Å². The molecule has 2 rings (SSSR count). The number of halogens is 5. The maximum Gasteiger partial charge on any atom is 0.137 e. The van der Waals surface area contributed by atoms with Gasteiger partial charge in [0.2, 0.25) is 0 Å².